The van der Waals surface area contributed by atoms with E-state index in [4.69, 9.17) is 0 Å². The molecule has 7 rings (SSSR count). The molecule has 0 unspecified atom stereocenters. The van der Waals surface area contributed by atoms with E-state index in [9.17, 15) is 0 Å². The molecule has 0 spiro atoms. The maximum Gasteiger partial charge on any atom is 0.0562 e. The van der Waals surface area contributed by atoms with Gasteiger partial charge in [-0.05, 0) is 67.9 Å². The maximum absolute atomic E-state index is 2.52. The van der Waals surface area contributed by atoms with Crippen LogP contribution in [0.25, 0.3) is 60.1 Å². The van der Waals surface area contributed by atoms with E-state index in [1.54, 1.807) is 0 Å². The third-order valence-corrected chi connectivity index (χ3v) is 7.13. The van der Waals surface area contributed by atoms with Gasteiger partial charge in [-0.25, -0.2) is 0 Å². The molecule has 164 valence electrons. The van der Waals surface area contributed by atoms with Crippen molar-refractivity contribution >= 4 is 54.4 Å². The van der Waals surface area contributed by atoms with Crippen LogP contribution >= 0.6 is 0 Å². The fourth-order valence-electron chi connectivity index (χ4n) is 5.83. The van der Waals surface area contributed by atoms with Gasteiger partial charge in [0.2, 0.25) is 0 Å². The van der Waals surface area contributed by atoms with Gasteiger partial charge in [-0.1, -0.05) is 66.7 Å². The molecule has 2 heteroatoms. The predicted molar refractivity (Wildman–Crippen MR) is 146 cm³/mol. The fraction of sp³-hybridized carbons (Fsp3) is 0.125. The summed E-state index contributed by atoms with van der Waals surface area (Å²) in [6.45, 7) is 6.91. The standard InChI is InChI=1S/C32H26N2/c1-32(2,3)34-28-18-17-21-11-7-8-14-23(21)31(28)26-19-25-24-15-9-10-16-27(24)33(29(25)20-30(26)34)22-12-5-4-6-13-22/h4-20H,1-3H3. The molecule has 2 aromatic heterocycles. The summed E-state index contributed by atoms with van der Waals surface area (Å²) in [4.78, 5) is 0. The highest BCUT2D eigenvalue weighted by Gasteiger charge is 2.23. The zero-order valence-electron chi connectivity index (χ0n) is 19.7. The quantitative estimate of drug-likeness (QED) is 0.242. The van der Waals surface area contributed by atoms with E-state index >= 15 is 0 Å². The van der Waals surface area contributed by atoms with E-state index < -0.39 is 0 Å². The first-order valence-electron chi connectivity index (χ1n) is 12.0. The predicted octanol–water partition coefficient (Wildman–Crippen LogP) is 8.80. The third kappa shape index (κ3) is 2.57. The summed E-state index contributed by atoms with van der Waals surface area (Å²) in [5.74, 6) is 0. The van der Waals surface area contributed by atoms with Crippen LogP contribution in [0.5, 0.6) is 0 Å². The van der Waals surface area contributed by atoms with Crippen molar-refractivity contribution in [1.82, 2.24) is 9.13 Å². The second-order valence-electron chi connectivity index (χ2n) is 10.3. The maximum atomic E-state index is 2.52. The number of nitrogens with zero attached hydrogens (tertiary/aromatic N) is 2. The van der Waals surface area contributed by atoms with Crippen LogP contribution in [-0.4, -0.2) is 9.13 Å². The number of aromatic nitrogens is 2. The lowest BCUT2D eigenvalue weighted by Gasteiger charge is -2.24. The molecule has 0 saturated heterocycles. The van der Waals surface area contributed by atoms with Gasteiger partial charge in [0, 0.05) is 32.8 Å². The van der Waals surface area contributed by atoms with Gasteiger partial charge in [0.25, 0.3) is 0 Å². The van der Waals surface area contributed by atoms with Gasteiger partial charge >= 0.3 is 0 Å². The van der Waals surface area contributed by atoms with Gasteiger partial charge < -0.3 is 9.13 Å². The monoisotopic (exact) mass is 438 g/mol. The molecule has 0 atom stereocenters. The summed E-state index contributed by atoms with van der Waals surface area (Å²) in [6.07, 6.45) is 0. The molecule has 0 aliphatic carbocycles. The second kappa shape index (κ2) is 6.74. The van der Waals surface area contributed by atoms with Crippen LogP contribution in [0.1, 0.15) is 20.8 Å². The number of para-hydroxylation sites is 2. The first-order chi connectivity index (χ1) is 16.5. The number of hydrogen-bond acceptors (Lipinski definition) is 0. The van der Waals surface area contributed by atoms with Crippen LogP contribution in [0.4, 0.5) is 0 Å². The first kappa shape index (κ1) is 19.4. The molecule has 0 radical (unpaired) electrons. The largest absolute Gasteiger partial charge is 0.335 e. The third-order valence-electron chi connectivity index (χ3n) is 7.13. The van der Waals surface area contributed by atoms with Gasteiger partial charge in [0.1, 0.15) is 0 Å². The van der Waals surface area contributed by atoms with Crippen LogP contribution < -0.4 is 0 Å². The Balaban J connectivity index is 1.76. The summed E-state index contributed by atoms with van der Waals surface area (Å²) >= 11 is 0. The molecule has 0 N–H and O–H groups in total. The summed E-state index contributed by atoms with van der Waals surface area (Å²) < 4.78 is 4.93. The Morgan fingerprint density at radius 1 is 0.500 bits per heavy atom. The van der Waals surface area contributed by atoms with Crippen molar-refractivity contribution in [3.8, 4) is 5.69 Å². The van der Waals surface area contributed by atoms with Crippen molar-refractivity contribution in [2.24, 2.45) is 0 Å². The zero-order chi connectivity index (χ0) is 23.0. The van der Waals surface area contributed by atoms with Gasteiger partial charge in [-0.3, -0.25) is 0 Å². The number of fused-ring (bicyclic) bond motifs is 8. The molecule has 0 aliphatic heterocycles. The van der Waals surface area contributed by atoms with Crippen LogP contribution in [0.2, 0.25) is 0 Å². The van der Waals surface area contributed by atoms with Crippen LogP contribution in [0.3, 0.4) is 0 Å². The second-order valence-corrected chi connectivity index (χ2v) is 10.3. The van der Waals surface area contributed by atoms with E-state index in [0.29, 0.717) is 0 Å². The van der Waals surface area contributed by atoms with Crippen molar-refractivity contribution in [1.29, 1.82) is 0 Å². The molecular weight excluding hydrogens is 412 g/mol. The first-order valence-corrected chi connectivity index (χ1v) is 12.0. The van der Waals surface area contributed by atoms with Gasteiger partial charge in [0.05, 0.1) is 22.1 Å². The summed E-state index contributed by atoms with van der Waals surface area (Å²) in [5, 5.41) is 7.87. The molecule has 2 nitrogen and oxygen atoms in total. The van der Waals surface area contributed by atoms with E-state index in [2.05, 4.69) is 133 Å². The van der Waals surface area contributed by atoms with Crippen molar-refractivity contribution in [2.75, 3.05) is 0 Å². The van der Waals surface area contributed by atoms with E-state index in [-0.39, 0.29) is 5.54 Å². The van der Waals surface area contributed by atoms with E-state index in [1.165, 1.54) is 60.1 Å². The Labute approximate surface area is 198 Å². The SMILES string of the molecule is CC(C)(C)n1c2cc3c(cc2c2c4ccccc4ccc21)c1ccccc1n3-c1ccccc1. The van der Waals surface area contributed by atoms with Crippen LogP contribution in [0, 0.1) is 0 Å². The van der Waals surface area contributed by atoms with Crippen molar-refractivity contribution < 1.29 is 0 Å². The molecule has 7 aromatic rings. The molecule has 0 amide bonds. The van der Waals surface area contributed by atoms with Crippen molar-refractivity contribution in [3.63, 3.8) is 0 Å². The van der Waals surface area contributed by atoms with Gasteiger partial charge in [-0.2, -0.15) is 0 Å². The lowest BCUT2D eigenvalue weighted by Crippen LogP contribution is -2.21. The van der Waals surface area contributed by atoms with Crippen molar-refractivity contribution in [2.45, 2.75) is 26.3 Å². The summed E-state index contributed by atoms with van der Waals surface area (Å²) in [7, 11) is 0. The Hall–Kier alpha value is -4.04. The molecule has 0 saturated carbocycles. The zero-order valence-corrected chi connectivity index (χ0v) is 19.7. The normalized spacial score (nSPS) is 12.6. The minimum atomic E-state index is -0.0558. The Morgan fingerprint density at radius 2 is 1.21 bits per heavy atom. The van der Waals surface area contributed by atoms with Crippen LogP contribution in [-0.2, 0) is 5.54 Å². The Morgan fingerprint density at radius 3 is 2.00 bits per heavy atom. The summed E-state index contributed by atoms with van der Waals surface area (Å²) in [6, 6.07) is 37.7. The highest BCUT2D eigenvalue weighted by Crippen LogP contribution is 2.42. The molecule has 0 aliphatic rings. The highest BCUT2D eigenvalue weighted by molar-refractivity contribution is 6.24. The summed E-state index contributed by atoms with van der Waals surface area (Å²) in [5.41, 5.74) is 6.21. The van der Waals surface area contributed by atoms with E-state index in [1.807, 2.05) is 0 Å². The smallest absolute Gasteiger partial charge is 0.0562 e. The highest BCUT2D eigenvalue weighted by atomic mass is 15.1. The number of rotatable bonds is 1. The lowest BCUT2D eigenvalue weighted by molar-refractivity contribution is 0.423. The average molecular weight is 439 g/mol. The lowest BCUT2D eigenvalue weighted by atomic mass is 10.0. The van der Waals surface area contributed by atoms with Crippen molar-refractivity contribution in [3.05, 3.63) is 103 Å². The molecule has 34 heavy (non-hydrogen) atoms. The Bertz CT molecular complexity index is 1880. The van der Waals surface area contributed by atoms with Gasteiger partial charge in [-0.15, -0.1) is 0 Å². The van der Waals surface area contributed by atoms with Gasteiger partial charge in [0.15, 0.2) is 0 Å². The minimum Gasteiger partial charge on any atom is -0.335 e. The Kier molecular flexibility index (Phi) is 3.85. The minimum absolute atomic E-state index is 0.0558. The molecule has 2 heterocycles. The number of hydrogen-bond donors (Lipinski definition) is 0. The molecular formula is C32H26N2. The molecule has 0 bridgehead atoms. The number of benzene rings is 5. The molecule has 0 fully saturated rings. The average Bonchev–Trinajstić information content (AvgIpc) is 3.35. The fourth-order valence-corrected chi connectivity index (χ4v) is 5.83. The topological polar surface area (TPSA) is 9.86 Å². The van der Waals surface area contributed by atoms with E-state index in [0.717, 1.165) is 0 Å². The molecule has 5 aromatic carbocycles. The van der Waals surface area contributed by atoms with Crippen LogP contribution in [0.15, 0.2) is 103 Å².